The van der Waals surface area contributed by atoms with Gasteiger partial charge in [-0.3, -0.25) is 9.10 Å². The highest BCUT2D eigenvalue weighted by Crippen LogP contribution is 2.33. The van der Waals surface area contributed by atoms with Crippen molar-refractivity contribution in [3.63, 3.8) is 0 Å². The Morgan fingerprint density at radius 3 is 2.52 bits per heavy atom. The van der Waals surface area contributed by atoms with E-state index in [4.69, 9.17) is 14.2 Å². The molecule has 2 rings (SSSR count). The van der Waals surface area contributed by atoms with Crippen LogP contribution in [0.15, 0.2) is 18.2 Å². The molecule has 1 aliphatic carbocycles. The van der Waals surface area contributed by atoms with Crippen molar-refractivity contribution in [3.8, 4) is 11.5 Å². The van der Waals surface area contributed by atoms with Crippen molar-refractivity contribution in [2.45, 2.75) is 44.6 Å². The van der Waals surface area contributed by atoms with Crippen LogP contribution in [0.4, 0.5) is 5.69 Å². The summed E-state index contributed by atoms with van der Waals surface area (Å²) in [4.78, 5) is 12.3. The summed E-state index contributed by atoms with van der Waals surface area (Å²) >= 11 is 0. The molecular formula is C20H32N2O6S. The number of hydrogen-bond donors (Lipinski definition) is 1. The van der Waals surface area contributed by atoms with Crippen molar-refractivity contribution in [1.29, 1.82) is 0 Å². The van der Waals surface area contributed by atoms with E-state index in [2.05, 4.69) is 5.32 Å². The minimum atomic E-state index is -3.69. The maximum Gasteiger partial charge on any atom is 0.240 e. The fourth-order valence-electron chi connectivity index (χ4n) is 3.34. The van der Waals surface area contributed by atoms with Crippen LogP contribution in [0.5, 0.6) is 11.5 Å². The van der Waals surface area contributed by atoms with E-state index in [0.717, 1.165) is 23.4 Å². The van der Waals surface area contributed by atoms with Crippen molar-refractivity contribution < 1.29 is 27.4 Å². The topological polar surface area (TPSA) is 94.2 Å². The quantitative estimate of drug-likeness (QED) is 0.544. The predicted molar refractivity (Wildman–Crippen MR) is 112 cm³/mol. The molecule has 0 unspecified atom stereocenters. The number of carbonyl (C=O) groups is 1. The van der Waals surface area contributed by atoms with E-state index in [1.54, 1.807) is 18.2 Å². The molecule has 8 nitrogen and oxygen atoms in total. The third kappa shape index (κ3) is 7.40. The number of hydrogen-bond acceptors (Lipinski definition) is 6. The van der Waals surface area contributed by atoms with E-state index >= 15 is 0 Å². The molecule has 1 amide bonds. The first-order chi connectivity index (χ1) is 13.8. The second-order valence-corrected chi connectivity index (χ2v) is 9.05. The molecule has 1 fully saturated rings. The Labute approximate surface area is 173 Å². The molecule has 1 saturated carbocycles. The number of anilines is 1. The summed E-state index contributed by atoms with van der Waals surface area (Å²) in [6, 6.07) is 4.76. The second-order valence-electron chi connectivity index (χ2n) is 7.14. The highest BCUT2D eigenvalue weighted by Gasteiger charge is 2.24. The van der Waals surface area contributed by atoms with Crippen molar-refractivity contribution in [1.82, 2.24) is 5.32 Å². The van der Waals surface area contributed by atoms with Gasteiger partial charge in [0.05, 0.1) is 32.3 Å². The Balaban J connectivity index is 1.89. The Kier molecular flexibility index (Phi) is 9.03. The van der Waals surface area contributed by atoms with E-state index in [1.807, 2.05) is 0 Å². The van der Waals surface area contributed by atoms with Crippen LogP contribution in [0, 0.1) is 0 Å². The fraction of sp³-hybridized carbons (Fsp3) is 0.650. The number of nitrogens with zero attached hydrogens (tertiary/aromatic N) is 1. The lowest BCUT2D eigenvalue weighted by Gasteiger charge is -2.24. The van der Waals surface area contributed by atoms with Crippen LogP contribution in [0.2, 0.25) is 0 Å². The molecule has 0 bridgehead atoms. The molecule has 0 atom stereocenters. The maximum atomic E-state index is 12.3. The van der Waals surface area contributed by atoms with Crippen LogP contribution in [0.3, 0.4) is 0 Å². The zero-order chi connectivity index (χ0) is 21.3. The van der Waals surface area contributed by atoms with Gasteiger partial charge < -0.3 is 19.5 Å². The minimum absolute atomic E-state index is 0.284. The summed E-state index contributed by atoms with van der Waals surface area (Å²) in [5.74, 6) is 0.455. The van der Waals surface area contributed by atoms with Crippen molar-refractivity contribution in [2.24, 2.45) is 0 Å². The number of sulfonamides is 1. The Morgan fingerprint density at radius 1 is 1.17 bits per heavy atom. The van der Waals surface area contributed by atoms with Gasteiger partial charge in [-0.05, 0) is 31.4 Å². The lowest BCUT2D eigenvalue weighted by Crippen LogP contribution is -2.41. The van der Waals surface area contributed by atoms with Gasteiger partial charge in [0.2, 0.25) is 15.9 Å². The van der Waals surface area contributed by atoms with Gasteiger partial charge >= 0.3 is 0 Å². The normalized spacial score (nSPS) is 15.0. The van der Waals surface area contributed by atoms with Crippen LogP contribution in [-0.4, -0.2) is 60.6 Å². The van der Waals surface area contributed by atoms with Crippen LogP contribution in [-0.2, 0) is 19.6 Å². The number of rotatable bonds is 11. The van der Waals surface area contributed by atoms with Crippen LogP contribution in [0.1, 0.15) is 38.5 Å². The van der Waals surface area contributed by atoms with E-state index in [-0.39, 0.29) is 18.1 Å². The minimum Gasteiger partial charge on any atom is -0.497 e. The van der Waals surface area contributed by atoms with Gasteiger partial charge in [-0.25, -0.2) is 8.42 Å². The van der Waals surface area contributed by atoms with Gasteiger partial charge in [0.1, 0.15) is 18.0 Å². The van der Waals surface area contributed by atoms with Crippen molar-refractivity contribution in [2.75, 3.05) is 44.5 Å². The number of amides is 1. The Morgan fingerprint density at radius 2 is 1.90 bits per heavy atom. The number of ether oxygens (including phenoxy) is 3. The van der Waals surface area contributed by atoms with E-state index in [9.17, 15) is 13.2 Å². The number of methoxy groups -OCH3 is 2. The second kappa shape index (κ2) is 11.3. The number of benzene rings is 1. The first-order valence-corrected chi connectivity index (χ1v) is 11.8. The van der Waals surface area contributed by atoms with Crippen LogP contribution >= 0.6 is 0 Å². The molecule has 1 aromatic carbocycles. The monoisotopic (exact) mass is 428 g/mol. The summed E-state index contributed by atoms with van der Waals surface area (Å²) in [5.41, 5.74) is 0.284. The van der Waals surface area contributed by atoms with Gasteiger partial charge in [0.25, 0.3) is 0 Å². The lowest BCUT2D eigenvalue weighted by molar-refractivity contribution is -0.119. The molecule has 164 valence electrons. The average Bonchev–Trinajstić information content (AvgIpc) is 2.71. The number of nitrogens with one attached hydrogen (secondary N) is 1. The smallest absolute Gasteiger partial charge is 0.240 e. The largest absolute Gasteiger partial charge is 0.497 e. The van der Waals surface area contributed by atoms with Crippen LogP contribution in [0.25, 0.3) is 0 Å². The van der Waals surface area contributed by atoms with E-state index in [0.29, 0.717) is 37.2 Å². The zero-order valence-electron chi connectivity index (χ0n) is 17.5. The highest BCUT2D eigenvalue weighted by molar-refractivity contribution is 7.92. The van der Waals surface area contributed by atoms with Gasteiger partial charge in [-0.1, -0.05) is 19.3 Å². The van der Waals surface area contributed by atoms with E-state index < -0.39 is 10.0 Å². The molecule has 0 spiro atoms. The molecule has 9 heteroatoms. The van der Waals surface area contributed by atoms with Gasteiger partial charge in [0, 0.05) is 19.2 Å². The molecule has 0 heterocycles. The van der Waals surface area contributed by atoms with Crippen LogP contribution < -0.4 is 19.1 Å². The number of carbonyl (C=O) groups excluding carboxylic acids is 1. The lowest BCUT2D eigenvalue weighted by atomic mass is 9.98. The molecule has 0 aromatic heterocycles. The Hall–Kier alpha value is -2.00. The summed E-state index contributed by atoms with van der Waals surface area (Å²) in [7, 11) is -0.744. The summed E-state index contributed by atoms with van der Waals surface area (Å²) in [6.45, 7) is 0.695. The first-order valence-electron chi connectivity index (χ1n) is 9.93. The molecule has 0 radical (unpaired) electrons. The molecule has 29 heavy (non-hydrogen) atoms. The average molecular weight is 429 g/mol. The van der Waals surface area contributed by atoms with Gasteiger partial charge in [-0.15, -0.1) is 0 Å². The molecule has 0 saturated heterocycles. The molecule has 1 aliphatic rings. The predicted octanol–water partition coefficient (Wildman–Crippen LogP) is 2.33. The molecule has 1 N–H and O–H groups in total. The maximum absolute atomic E-state index is 12.3. The SMILES string of the molecule is COc1ccc(N(CC(=O)NCCCOC2CCCCC2)S(C)(=O)=O)c(OC)c1. The van der Waals surface area contributed by atoms with Crippen molar-refractivity contribution >= 4 is 21.6 Å². The zero-order valence-corrected chi connectivity index (χ0v) is 18.3. The highest BCUT2D eigenvalue weighted by atomic mass is 32.2. The van der Waals surface area contributed by atoms with E-state index in [1.165, 1.54) is 33.5 Å². The molecule has 1 aromatic rings. The molecule has 0 aliphatic heterocycles. The summed E-state index contributed by atoms with van der Waals surface area (Å²) in [6.07, 6.45) is 8.02. The van der Waals surface area contributed by atoms with Gasteiger partial charge in [-0.2, -0.15) is 0 Å². The van der Waals surface area contributed by atoms with Crippen molar-refractivity contribution in [3.05, 3.63) is 18.2 Å². The third-order valence-corrected chi connectivity index (χ3v) is 6.02. The fourth-order valence-corrected chi connectivity index (χ4v) is 4.20. The summed E-state index contributed by atoms with van der Waals surface area (Å²) < 4.78 is 41.8. The standard InChI is InChI=1S/C20H32N2O6S/c1-26-17-10-11-18(19(14-17)27-2)22(29(3,24)25)15-20(23)21-12-7-13-28-16-8-5-4-6-9-16/h10-11,14,16H,4-9,12-13,15H2,1-3H3,(H,21,23). The summed E-state index contributed by atoms with van der Waals surface area (Å²) in [5, 5.41) is 2.76. The first kappa shape index (κ1) is 23.3. The third-order valence-electron chi connectivity index (χ3n) is 4.89. The Bertz CT molecular complexity index is 762. The van der Waals surface area contributed by atoms with Gasteiger partial charge in [0.15, 0.2) is 0 Å². The molecular weight excluding hydrogens is 396 g/mol.